The third kappa shape index (κ3) is 2.90. The highest BCUT2D eigenvalue weighted by molar-refractivity contribution is 6.30. The molecule has 0 bridgehead atoms. The molecule has 0 amide bonds. The minimum atomic E-state index is -0.505. The molecule has 2 aromatic rings. The maximum absolute atomic E-state index is 11.9. The van der Waals surface area contributed by atoms with Crippen molar-refractivity contribution in [1.29, 1.82) is 5.26 Å². The van der Waals surface area contributed by atoms with E-state index in [1.807, 2.05) is 6.07 Å². The average molecular weight is 309 g/mol. The van der Waals surface area contributed by atoms with Gasteiger partial charge in [0.1, 0.15) is 0 Å². The Morgan fingerprint density at radius 1 is 1.09 bits per heavy atom. The Balaban J connectivity index is 1.90. The average Bonchev–Trinajstić information content (AvgIpc) is 2.90. The summed E-state index contributed by atoms with van der Waals surface area (Å²) in [6.07, 6.45) is 1.62. The zero-order valence-electron chi connectivity index (χ0n) is 11.3. The van der Waals surface area contributed by atoms with Gasteiger partial charge in [-0.2, -0.15) is 5.26 Å². The van der Waals surface area contributed by atoms with Crippen LogP contribution in [0.1, 0.15) is 16.7 Å². The Labute approximate surface area is 131 Å². The molecule has 2 aromatic carbocycles. The zero-order chi connectivity index (χ0) is 15.5. The van der Waals surface area contributed by atoms with Crippen molar-refractivity contribution in [3.05, 3.63) is 75.9 Å². The fourth-order valence-corrected chi connectivity index (χ4v) is 2.06. The Morgan fingerprint density at radius 2 is 1.77 bits per heavy atom. The third-order valence-electron chi connectivity index (χ3n) is 3.05. The molecular formula is C17H9ClN2O2. The zero-order valence-corrected chi connectivity index (χ0v) is 12.0. The van der Waals surface area contributed by atoms with E-state index in [1.165, 1.54) is 0 Å². The van der Waals surface area contributed by atoms with Crippen LogP contribution in [0.3, 0.4) is 0 Å². The molecular weight excluding hydrogens is 300 g/mol. The minimum Gasteiger partial charge on any atom is -0.402 e. The lowest BCUT2D eigenvalue weighted by molar-refractivity contribution is -0.129. The summed E-state index contributed by atoms with van der Waals surface area (Å²) in [5.41, 5.74) is 2.23. The molecule has 5 heteroatoms. The van der Waals surface area contributed by atoms with Crippen LogP contribution in [0.15, 0.2) is 59.2 Å². The molecule has 22 heavy (non-hydrogen) atoms. The number of esters is 1. The number of carbonyl (C=O) groups excluding carboxylic acids is 1. The topological polar surface area (TPSA) is 62.4 Å². The van der Waals surface area contributed by atoms with Gasteiger partial charge < -0.3 is 4.74 Å². The molecule has 0 N–H and O–H groups in total. The fraction of sp³-hybridized carbons (Fsp3) is 0. The van der Waals surface area contributed by atoms with Crippen molar-refractivity contribution in [2.24, 2.45) is 4.99 Å². The summed E-state index contributed by atoms with van der Waals surface area (Å²) >= 11 is 5.83. The molecule has 1 aliphatic heterocycles. The molecule has 0 saturated carbocycles. The first-order chi connectivity index (χ1) is 10.7. The van der Waals surface area contributed by atoms with Gasteiger partial charge in [-0.3, -0.25) is 0 Å². The lowest BCUT2D eigenvalue weighted by Gasteiger charge is -1.98. The fourth-order valence-electron chi connectivity index (χ4n) is 1.94. The monoisotopic (exact) mass is 308 g/mol. The predicted octanol–water partition coefficient (Wildman–Crippen LogP) is 3.56. The summed E-state index contributed by atoms with van der Waals surface area (Å²) in [4.78, 5) is 16.1. The van der Waals surface area contributed by atoms with Gasteiger partial charge in [0.15, 0.2) is 5.70 Å². The van der Waals surface area contributed by atoms with Gasteiger partial charge in [-0.05, 0) is 48.0 Å². The van der Waals surface area contributed by atoms with E-state index in [4.69, 9.17) is 21.6 Å². The summed E-state index contributed by atoms with van der Waals surface area (Å²) < 4.78 is 5.16. The quantitative estimate of drug-likeness (QED) is 0.629. The Morgan fingerprint density at radius 3 is 2.41 bits per heavy atom. The number of rotatable bonds is 2. The van der Waals surface area contributed by atoms with E-state index in [1.54, 1.807) is 54.6 Å². The van der Waals surface area contributed by atoms with E-state index in [-0.39, 0.29) is 11.6 Å². The second kappa shape index (κ2) is 5.84. The molecule has 0 atom stereocenters. The van der Waals surface area contributed by atoms with E-state index >= 15 is 0 Å². The summed E-state index contributed by atoms with van der Waals surface area (Å²) in [5, 5.41) is 9.36. The number of hydrogen-bond acceptors (Lipinski definition) is 4. The van der Waals surface area contributed by atoms with Gasteiger partial charge in [0.2, 0.25) is 5.90 Å². The number of cyclic esters (lactones) is 1. The molecule has 4 nitrogen and oxygen atoms in total. The molecule has 3 rings (SSSR count). The summed E-state index contributed by atoms with van der Waals surface area (Å²) in [7, 11) is 0. The van der Waals surface area contributed by atoms with Crippen molar-refractivity contribution < 1.29 is 9.53 Å². The largest absolute Gasteiger partial charge is 0.402 e. The van der Waals surface area contributed by atoms with Crippen molar-refractivity contribution >= 4 is 29.5 Å². The number of aliphatic imine (C=N–C) groups is 1. The predicted molar refractivity (Wildman–Crippen MR) is 83.2 cm³/mol. The molecule has 1 heterocycles. The molecule has 1 aliphatic rings. The van der Waals surface area contributed by atoms with Gasteiger partial charge in [0.25, 0.3) is 0 Å². The molecule has 0 spiro atoms. The number of halogens is 1. The molecule has 0 aromatic heterocycles. The van der Waals surface area contributed by atoms with E-state index in [0.717, 1.165) is 5.56 Å². The molecule has 0 unspecified atom stereocenters. The Kier molecular flexibility index (Phi) is 3.73. The van der Waals surface area contributed by atoms with Crippen LogP contribution in [0, 0.1) is 11.3 Å². The second-order valence-electron chi connectivity index (χ2n) is 4.58. The van der Waals surface area contributed by atoms with E-state index in [2.05, 4.69) is 4.99 Å². The highest BCUT2D eigenvalue weighted by Gasteiger charge is 2.23. The van der Waals surface area contributed by atoms with E-state index in [9.17, 15) is 4.79 Å². The highest BCUT2D eigenvalue weighted by Crippen LogP contribution is 2.20. The lowest BCUT2D eigenvalue weighted by atomic mass is 10.1. The van der Waals surface area contributed by atoms with Crippen molar-refractivity contribution in [1.82, 2.24) is 0 Å². The number of hydrogen-bond donors (Lipinski definition) is 0. The third-order valence-corrected chi connectivity index (χ3v) is 3.31. The molecule has 106 valence electrons. The molecule has 0 aliphatic carbocycles. The minimum absolute atomic E-state index is 0.217. The van der Waals surface area contributed by atoms with Gasteiger partial charge in [-0.25, -0.2) is 9.79 Å². The summed E-state index contributed by atoms with van der Waals surface area (Å²) in [5.74, 6) is -0.254. The first kappa shape index (κ1) is 14.1. The van der Waals surface area contributed by atoms with Crippen molar-refractivity contribution in [2.45, 2.75) is 0 Å². The molecule has 0 saturated heterocycles. The van der Waals surface area contributed by atoms with Crippen LogP contribution in [0.4, 0.5) is 0 Å². The van der Waals surface area contributed by atoms with Gasteiger partial charge in [-0.1, -0.05) is 23.7 Å². The van der Waals surface area contributed by atoms with Crippen molar-refractivity contribution in [3.8, 4) is 6.07 Å². The van der Waals surface area contributed by atoms with Crippen LogP contribution in [0.5, 0.6) is 0 Å². The van der Waals surface area contributed by atoms with E-state index in [0.29, 0.717) is 16.1 Å². The Bertz CT molecular complexity index is 828. The van der Waals surface area contributed by atoms with Crippen LogP contribution < -0.4 is 0 Å². The maximum Gasteiger partial charge on any atom is 0.363 e. The van der Waals surface area contributed by atoms with Crippen LogP contribution in [-0.2, 0) is 9.53 Å². The standard InChI is InChI=1S/C17H9ClN2O2/c18-14-7-5-13(6-8-14)16-20-15(17(21)22-16)9-11-1-3-12(10-19)4-2-11/h1-9H/b15-9+. The summed E-state index contributed by atoms with van der Waals surface area (Å²) in [6.45, 7) is 0. The van der Waals surface area contributed by atoms with Gasteiger partial charge in [-0.15, -0.1) is 0 Å². The van der Waals surface area contributed by atoms with Crippen molar-refractivity contribution in [2.75, 3.05) is 0 Å². The van der Waals surface area contributed by atoms with Gasteiger partial charge in [0.05, 0.1) is 11.6 Å². The lowest BCUT2D eigenvalue weighted by Crippen LogP contribution is -2.05. The number of carbonyl (C=O) groups is 1. The molecule has 0 radical (unpaired) electrons. The normalized spacial score (nSPS) is 15.4. The highest BCUT2D eigenvalue weighted by atomic mass is 35.5. The molecule has 0 fully saturated rings. The first-order valence-corrected chi connectivity index (χ1v) is 6.82. The number of benzene rings is 2. The van der Waals surface area contributed by atoms with E-state index < -0.39 is 5.97 Å². The SMILES string of the molecule is N#Cc1ccc(/C=C2/N=C(c3ccc(Cl)cc3)OC2=O)cc1. The number of nitriles is 1. The second-order valence-corrected chi connectivity index (χ2v) is 5.01. The first-order valence-electron chi connectivity index (χ1n) is 6.44. The number of nitrogens with zero attached hydrogens (tertiary/aromatic N) is 2. The van der Waals surface area contributed by atoms with Crippen molar-refractivity contribution in [3.63, 3.8) is 0 Å². The van der Waals surface area contributed by atoms with Gasteiger partial charge in [0, 0.05) is 10.6 Å². The summed E-state index contributed by atoms with van der Waals surface area (Å²) in [6, 6.07) is 15.8. The van der Waals surface area contributed by atoms with Crippen LogP contribution in [0.2, 0.25) is 5.02 Å². The number of ether oxygens (including phenoxy) is 1. The van der Waals surface area contributed by atoms with Crippen LogP contribution in [-0.4, -0.2) is 11.9 Å². The van der Waals surface area contributed by atoms with Crippen LogP contribution in [0.25, 0.3) is 6.08 Å². The van der Waals surface area contributed by atoms with Gasteiger partial charge >= 0.3 is 5.97 Å². The van der Waals surface area contributed by atoms with Crippen LogP contribution >= 0.6 is 11.6 Å². The maximum atomic E-state index is 11.9. The smallest absolute Gasteiger partial charge is 0.363 e. The Hall–Kier alpha value is -2.90.